The Morgan fingerprint density at radius 2 is 2.11 bits per heavy atom. The molecular formula is C4H9F2N3. The summed E-state index contributed by atoms with van der Waals surface area (Å²) in [6.45, 7) is 0. The fourth-order valence-corrected chi connectivity index (χ4v) is 0.336. The third-order valence-corrected chi connectivity index (χ3v) is 0.701. The van der Waals surface area contributed by atoms with Crippen molar-refractivity contribution in [3.05, 3.63) is 0 Å². The van der Waals surface area contributed by atoms with Crippen LogP contribution in [-0.4, -0.2) is 26.4 Å². The van der Waals surface area contributed by atoms with E-state index in [1.165, 1.54) is 14.1 Å². The Morgan fingerprint density at radius 1 is 1.56 bits per heavy atom. The van der Waals surface area contributed by atoms with Gasteiger partial charge in [-0.15, -0.1) is 0 Å². The number of nitrogens with one attached hydrogen (secondary N) is 2. The van der Waals surface area contributed by atoms with Crippen molar-refractivity contribution in [1.29, 1.82) is 0 Å². The highest BCUT2D eigenvalue weighted by Gasteiger charge is 2.09. The monoisotopic (exact) mass is 137 g/mol. The number of hydrazine groups is 1. The summed E-state index contributed by atoms with van der Waals surface area (Å²) < 4.78 is 23.3. The van der Waals surface area contributed by atoms with Crippen LogP contribution in [0.5, 0.6) is 0 Å². The molecule has 0 aliphatic rings. The van der Waals surface area contributed by atoms with Crippen LogP contribution >= 0.6 is 0 Å². The van der Waals surface area contributed by atoms with Crippen LogP contribution in [0.15, 0.2) is 4.99 Å². The molecule has 0 aliphatic heterocycles. The summed E-state index contributed by atoms with van der Waals surface area (Å²) in [6.07, 6.45) is -2.54. The van der Waals surface area contributed by atoms with Gasteiger partial charge >= 0.3 is 0 Å². The van der Waals surface area contributed by atoms with Gasteiger partial charge < -0.3 is 5.43 Å². The van der Waals surface area contributed by atoms with Gasteiger partial charge in [0.2, 0.25) is 0 Å². The molecule has 0 radical (unpaired) electrons. The molecule has 54 valence electrons. The molecule has 0 saturated heterocycles. The van der Waals surface area contributed by atoms with Crippen LogP contribution in [-0.2, 0) is 0 Å². The van der Waals surface area contributed by atoms with E-state index in [1.54, 1.807) is 0 Å². The highest BCUT2D eigenvalue weighted by molar-refractivity contribution is 5.84. The lowest BCUT2D eigenvalue weighted by Crippen LogP contribution is -2.38. The second kappa shape index (κ2) is 4.20. The minimum atomic E-state index is -2.54. The average Bonchev–Trinajstić information content (AvgIpc) is 1.82. The van der Waals surface area contributed by atoms with Crippen LogP contribution in [0, 0.1) is 0 Å². The smallest absolute Gasteiger partial charge is 0.295 e. The minimum Gasteiger partial charge on any atom is -0.305 e. The van der Waals surface area contributed by atoms with Crippen molar-refractivity contribution >= 4 is 5.84 Å². The van der Waals surface area contributed by atoms with Gasteiger partial charge in [0.05, 0.1) is 0 Å². The van der Waals surface area contributed by atoms with Crippen LogP contribution in [0.2, 0.25) is 0 Å². The van der Waals surface area contributed by atoms with Crippen LogP contribution < -0.4 is 10.9 Å². The van der Waals surface area contributed by atoms with Crippen LogP contribution in [0.25, 0.3) is 0 Å². The summed E-state index contributed by atoms with van der Waals surface area (Å²) in [4.78, 5) is 3.27. The van der Waals surface area contributed by atoms with Gasteiger partial charge in [0.1, 0.15) is 0 Å². The SMILES string of the molecule is CN=C(NNC)C(F)F. The Balaban J connectivity index is 3.70. The van der Waals surface area contributed by atoms with Gasteiger partial charge in [0, 0.05) is 14.1 Å². The summed E-state index contributed by atoms with van der Waals surface area (Å²) in [7, 11) is 2.79. The molecule has 0 atom stereocenters. The second-order valence-corrected chi connectivity index (χ2v) is 1.28. The summed E-state index contributed by atoms with van der Waals surface area (Å²) in [5.41, 5.74) is 4.52. The first-order valence-electron chi connectivity index (χ1n) is 2.40. The zero-order valence-corrected chi connectivity index (χ0v) is 5.28. The fourth-order valence-electron chi connectivity index (χ4n) is 0.336. The molecule has 0 spiro atoms. The van der Waals surface area contributed by atoms with E-state index in [1.807, 2.05) is 0 Å². The first-order chi connectivity index (χ1) is 4.22. The molecule has 2 N–H and O–H groups in total. The van der Waals surface area contributed by atoms with E-state index in [2.05, 4.69) is 15.8 Å². The number of rotatable bonds is 2. The number of halogens is 2. The van der Waals surface area contributed by atoms with E-state index >= 15 is 0 Å². The Bertz CT molecular complexity index is 102. The molecule has 0 aromatic rings. The van der Waals surface area contributed by atoms with Gasteiger partial charge in [-0.05, 0) is 0 Å². The van der Waals surface area contributed by atoms with E-state index in [4.69, 9.17) is 0 Å². The Kier molecular flexibility index (Phi) is 3.87. The standard InChI is InChI=1S/C4H9F2N3/c1-7-4(3(5)6)9-8-2/h3,8H,1-2H3,(H,7,9). The number of hydrogen-bond acceptors (Lipinski definition) is 2. The molecule has 5 heteroatoms. The maximum Gasteiger partial charge on any atom is 0.295 e. The lowest BCUT2D eigenvalue weighted by Gasteiger charge is -2.04. The second-order valence-electron chi connectivity index (χ2n) is 1.28. The van der Waals surface area contributed by atoms with Crippen molar-refractivity contribution in [3.63, 3.8) is 0 Å². The number of nitrogens with zero attached hydrogens (tertiary/aromatic N) is 1. The fraction of sp³-hybridized carbons (Fsp3) is 0.750. The zero-order chi connectivity index (χ0) is 7.28. The molecular weight excluding hydrogens is 128 g/mol. The van der Waals surface area contributed by atoms with E-state index in [-0.39, 0.29) is 5.84 Å². The zero-order valence-electron chi connectivity index (χ0n) is 5.28. The van der Waals surface area contributed by atoms with Gasteiger partial charge in [0.25, 0.3) is 6.43 Å². The maximum atomic E-state index is 11.7. The molecule has 0 fully saturated rings. The maximum absolute atomic E-state index is 11.7. The van der Waals surface area contributed by atoms with Gasteiger partial charge in [-0.1, -0.05) is 0 Å². The van der Waals surface area contributed by atoms with Crippen molar-refractivity contribution in [2.45, 2.75) is 6.43 Å². The quantitative estimate of drug-likeness (QED) is 0.319. The third-order valence-electron chi connectivity index (χ3n) is 0.701. The predicted octanol–water partition coefficient (Wildman–Crippen LogP) is 0.00380. The van der Waals surface area contributed by atoms with E-state index in [0.717, 1.165) is 0 Å². The Morgan fingerprint density at radius 3 is 2.22 bits per heavy atom. The minimum absolute atomic E-state index is 0.350. The molecule has 0 aromatic carbocycles. The van der Waals surface area contributed by atoms with Gasteiger partial charge in [-0.3, -0.25) is 4.99 Å². The topological polar surface area (TPSA) is 36.4 Å². The number of aliphatic imine (C=N–C) groups is 1. The molecule has 0 rings (SSSR count). The Hall–Kier alpha value is -0.710. The molecule has 0 aromatic heterocycles. The van der Waals surface area contributed by atoms with Crippen molar-refractivity contribution in [3.8, 4) is 0 Å². The Labute approximate surface area is 52.1 Å². The van der Waals surface area contributed by atoms with Crippen LogP contribution in [0.1, 0.15) is 0 Å². The third kappa shape index (κ3) is 2.97. The molecule has 0 amide bonds. The van der Waals surface area contributed by atoms with Crippen LogP contribution in [0.4, 0.5) is 8.78 Å². The number of amidine groups is 1. The van der Waals surface area contributed by atoms with E-state index in [9.17, 15) is 8.78 Å². The molecule has 0 unspecified atom stereocenters. The molecule has 3 nitrogen and oxygen atoms in total. The first-order valence-corrected chi connectivity index (χ1v) is 2.40. The first kappa shape index (κ1) is 8.29. The van der Waals surface area contributed by atoms with Gasteiger partial charge in [-0.2, -0.15) is 0 Å². The van der Waals surface area contributed by atoms with Gasteiger partial charge in [0.15, 0.2) is 5.84 Å². The lowest BCUT2D eigenvalue weighted by molar-refractivity contribution is 0.219. The molecule has 0 aliphatic carbocycles. The largest absolute Gasteiger partial charge is 0.305 e. The normalized spacial score (nSPS) is 12.3. The molecule has 0 saturated carbocycles. The van der Waals surface area contributed by atoms with Crippen molar-refractivity contribution in [2.75, 3.05) is 14.1 Å². The highest BCUT2D eigenvalue weighted by atomic mass is 19.3. The van der Waals surface area contributed by atoms with E-state index < -0.39 is 6.43 Å². The number of alkyl halides is 2. The summed E-state index contributed by atoms with van der Waals surface area (Å²) in [5.74, 6) is -0.350. The number of hydrogen-bond donors (Lipinski definition) is 2. The molecule has 0 heterocycles. The highest BCUT2D eigenvalue weighted by Crippen LogP contribution is 1.91. The van der Waals surface area contributed by atoms with Gasteiger partial charge in [-0.25, -0.2) is 14.2 Å². The summed E-state index contributed by atoms with van der Waals surface area (Å²) in [6, 6.07) is 0. The molecule has 0 bridgehead atoms. The summed E-state index contributed by atoms with van der Waals surface area (Å²) >= 11 is 0. The van der Waals surface area contributed by atoms with Crippen LogP contribution in [0.3, 0.4) is 0 Å². The average molecular weight is 137 g/mol. The van der Waals surface area contributed by atoms with E-state index in [0.29, 0.717) is 0 Å². The van der Waals surface area contributed by atoms with Crippen molar-refractivity contribution in [2.24, 2.45) is 4.99 Å². The summed E-state index contributed by atoms with van der Waals surface area (Å²) in [5, 5.41) is 0. The lowest BCUT2D eigenvalue weighted by atomic mass is 10.6. The van der Waals surface area contributed by atoms with Crippen molar-refractivity contribution in [1.82, 2.24) is 10.9 Å². The molecule has 9 heavy (non-hydrogen) atoms. The predicted molar refractivity (Wildman–Crippen MR) is 31.6 cm³/mol. The van der Waals surface area contributed by atoms with Crippen molar-refractivity contribution < 1.29 is 8.78 Å².